The molecular weight excluding hydrogens is 208 g/mol. The van der Waals surface area contributed by atoms with Crippen molar-refractivity contribution in [1.82, 2.24) is 0 Å². The lowest BCUT2D eigenvalue weighted by Gasteiger charge is -2.30. The van der Waals surface area contributed by atoms with Gasteiger partial charge >= 0.3 is 0 Å². The standard InChI is InChI=1S/C12H22O4/c1-13-11-6-10(7-14-9-11)8-16-12-4-2-3-5-15-12/h10-12H,2-9H2,1H3/t10-,11+,12?/m1/s1. The average Bonchev–Trinajstić information content (AvgIpc) is 2.38. The van der Waals surface area contributed by atoms with Gasteiger partial charge in [-0.2, -0.15) is 0 Å². The van der Waals surface area contributed by atoms with E-state index in [0.717, 1.165) is 39.1 Å². The second-order valence-electron chi connectivity index (χ2n) is 4.63. The molecule has 0 aromatic heterocycles. The fourth-order valence-corrected chi connectivity index (χ4v) is 2.24. The van der Waals surface area contributed by atoms with Crippen LogP contribution in [0.2, 0.25) is 0 Å². The van der Waals surface area contributed by atoms with Gasteiger partial charge in [0.15, 0.2) is 6.29 Å². The van der Waals surface area contributed by atoms with Crippen LogP contribution in [-0.2, 0) is 18.9 Å². The van der Waals surface area contributed by atoms with Crippen molar-refractivity contribution >= 4 is 0 Å². The fraction of sp³-hybridized carbons (Fsp3) is 1.00. The zero-order valence-electron chi connectivity index (χ0n) is 10.0. The van der Waals surface area contributed by atoms with Crippen LogP contribution < -0.4 is 0 Å². The summed E-state index contributed by atoms with van der Waals surface area (Å²) in [5.74, 6) is 0.448. The molecule has 2 fully saturated rings. The summed E-state index contributed by atoms with van der Waals surface area (Å²) in [6, 6.07) is 0. The smallest absolute Gasteiger partial charge is 0.157 e. The van der Waals surface area contributed by atoms with Gasteiger partial charge in [0.2, 0.25) is 0 Å². The first-order chi connectivity index (χ1) is 7.88. The Morgan fingerprint density at radius 1 is 1.25 bits per heavy atom. The number of hydrogen-bond donors (Lipinski definition) is 0. The molecule has 2 heterocycles. The topological polar surface area (TPSA) is 36.9 Å². The predicted octanol–water partition coefficient (Wildman–Crippen LogP) is 1.58. The summed E-state index contributed by atoms with van der Waals surface area (Å²) in [5, 5.41) is 0. The number of methoxy groups -OCH3 is 1. The maximum Gasteiger partial charge on any atom is 0.157 e. The molecule has 4 nitrogen and oxygen atoms in total. The normalized spacial score (nSPS) is 36.2. The van der Waals surface area contributed by atoms with E-state index in [9.17, 15) is 0 Å². The number of ether oxygens (including phenoxy) is 4. The van der Waals surface area contributed by atoms with Crippen LogP contribution >= 0.6 is 0 Å². The minimum absolute atomic E-state index is 0.0108. The monoisotopic (exact) mass is 230 g/mol. The molecule has 16 heavy (non-hydrogen) atoms. The van der Waals surface area contributed by atoms with E-state index in [1.165, 1.54) is 6.42 Å². The molecule has 0 saturated carbocycles. The van der Waals surface area contributed by atoms with Crippen molar-refractivity contribution in [1.29, 1.82) is 0 Å². The van der Waals surface area contributed by atoms with E-state index in [1.54, 1.807) is 7.11 Å². The fourth-order valence-electron chi connectivity index (χ4n) is 2.24. The summed E-state index contributed by atoms with van der Waals surface area (Å²) in [4.78, 5) is 0. The van der Waals surface area contributed by atoms with Crippen molar-refractivity contribution in [2.45, 2.75) is 38.1 Å². The highest BCUT2D eigenvalue weighted by Crippen LogP contribution is 2.19. The molecule has 0 bridgehead atoms. The van der Waals surface area contributed by atoms with Crippen LogP contribution in [0.5, 0.6) is 0 Å². The predicted molar refractivity (Wildman–Crippen MR) is 59.3 cm³/mol. The molecule has 0 radical (unpaired) electrons. The first kappa shape index (κ1) is 12.3. The van der Waals surface area contributed by atoms with E-state index in [0.29, 0.717) is 12.5 Å². The Hall–Kier alpha value is -0.160. The van der Waals surface area contributed by atoms with Gasteiger partial charge < -0.3 is 18.9 Å². The summed E-state index contributed by atoms with van der Waals surface area (Å²) in [6.07, 6.45) is 4.68. The van der Waals surface area contributed by atoms with Gasteiger partial charge in [0.05, 0.1) is 25.9 Å². The Morgan fingerprint density at radius 3 is 2.94 bits per heavy atom. The van der Waals surface area contributed by atoms with Crippen LogP contribution in [0.25, 0.3) is 0 Å². The van der Waals surface area contributed by atoms with Gasteiger partial charge in [0.1, 0.15) is 0 Å². The van der Waals surface area contributed by atoms with Crippen molar-refractivity contribution < 1.29 is 18.9 Å². The van der Waals surface area contributed by atoms with Gasteiger partial charge in [-0.3, -0.25) is 0 Å². The van der Waals surface area contributed by atoms with Crippen molar-refractivity contribution in [3.8, 4) is 0 Å². The van der Waals surface area contributed by atoms with Gasteiger partial charge in [-0.25, -0.2) is 0 Å². The summed E-state index contributed by atoms with van der Waals surface area (Å²) in [5.41, 5.74) is 0. The summed E-state index contributed by atoms with van der Waals surface area (Å²) in [6.45, 7) is 3.07. The lowest BCUT2D eigenvalue weighted by atomic mass is 10.0. The molecule has 0 aliphatic carbocycles. The molecule has 0 aromatic carbocycles. The van der Waals surface area contributed by atoms with Gasteiger partial charge in [0, 0.05) is 19.6 Å². The molecule has 2 aliphatic heterocycles. The van der Waals surface area contributed by atoms with Crippen molar-refractivity contribution in [3.63, 3.8) is 0 Å². The van der Waals surface area contributed by atoms with Crippen LogP contribution in [0.15, 0.2) is 0 Å². The third-order valence-corrected chi connectivity index (χ3v) is 3.24. The van der Waals surface area contributed by atoms with E-state index in [1.807, 2.05) is 0 Å². The van der Waals surface area contributed by atoms with Crippen LogP contribution in [0.3, 0.4) is 0 Å². The highest BCUT2D eigenvalue weighted by atomic mass is 16.7. The molecule has 4 heteroatoms. The quantitative estimate of drug-likeness (QED) is 0.735. The Bertz CT molecular complexity index is 191. The largest absolute Gasteiger partial charge is 0.379 e. The first-order valence-electron chi connectivity index (χ1n) is 6.22. The molecule has 2 aliphatic rings. The van der Waals surface area contributed by atoms with Crippen molar-refractivity contribution in [2.24, 2.45) is 5.92 Å². The SMILES string of the molecule is CO[C@@H]1COC[C@H](COC2CCCCO2)C1. The average molecular weight is 230 g/mol. The molecular formula is C12H22O4. The van der Waals surface area contributed by atoms with Crippen LogP contribution in [0.4, 0.5) is 0 Å². The summed E-state index contributed by atoms with van der Waals surface area (Å²) in [7, 11) is 1.74. The van der Waals surface area contributed by atoms with Gasteiger partial charge in [0.25, 0.3) is 0 Å². The third-order valence-electron chi connectivity index (χ3n) is 3.24. The number of hydrogen-bond acceptors (Lipinski definition) is 4. The van der Waals surface area contributed by atoms with E-state index < -0.39 is 0 Å². The molecule has 1 unspecified atom stereocenters. The minimum Gasteiger partial charge on any atom is -0.379 e. The Labute approximate surface area is 97.2 Å². The Kier molecular flexibility index (Phi) is 5.03. The summed E-state index contributed by atoms with van der Waals surface area (Å²) < 4.78 is 22.1. The number of rotatable bonds is 4. The first-order valence-corrected chi connectivity index (χ1v) is 6.22. The highest BCUT2D eigenvalue weighted by Gasteiger charge is 2.24. The second kappa shape index (κ2) is 6.55. The van der Waals surface area contributed by atoms with E-state index in [-0.39, 0.29) is 12.4 Å². The molecule has 0 aromatic rings. The van der Waals surface area contributed by atoms with E-state index in [4.69, 9.17) is 18.9 Å². The van der Waals surface area contributed by atoms with Crippen molar-refractivity contribution in [3.05, 3.63) is 0 Å². The van der Waals surface area contributed by atoms with Gasteiger partial charge in [-0.15, -0.1) is 0 Å². The molecule has 3 atom stereocenters. The van der Waals surface area contributed by atoms with Gasteiger partial charge in [-0.05, 0) is 25.7 Å². The molecule has 0 N–H and O–H groups in total. The molecule has 0 spiro atoms. The van der Waals surface area contributed by atoms with Crippen LogP contribution in [0, 0.1) is 5.92 Å². The van der Waals surface area contributed by atoms with Crippen LogP contribution in [0.1, 0.15) is 25.7 Å². The zero-order valence-corrected chi connectivity index (χ0v) is 10.0. The minimum atomic E-state index is 0.0108. The van der Waals surface area contributed by atoms with E-state index in [2.05, 4.69) is 0 Å². The molecule has 2 rings (SSSR count). The maximum atomic E-state index is 5.76. The maximum absolute atomic E-state index is 5.76. The van der Waals surface area contributed by atoms with Crippen LogP contribution in [-0.4, -0.2) is 45.9 Å². The van der Waals surface area contributed by atoms with Gasteiger partial charge in [-0.1, -0.05) is 0 Å². The Balaban J connectivity index is 1.64. The lowest BCUT2D eigenvalue weighted by molar-refractivity contribution is -0.179. The highest BCUT2D eigenvalue weighted by molar-refractivity contribution is 4.71. The molecule has 0 amide bonds. The van der Waals surface area contributed by atoms with E-state index >= 15 is 0 Å². The Morgan fingerprint density at radius 2 is 2.19 bits per heavy atom. The van der Waals surface area contributed by atoms with Crippen molar-refractivity contribution in [2.75, 3.05) is 33.5 Å². The third kappa shape index (κ3) is 3.70. The lowest BCUT2D eigenvalue weighted by Crippen LogP contribution is -2.34. The molecule has 2 saturated heterocycles. The zero-order chi connectivity index (χ0) is 11.2. The molecule has 94 valence electrons. The summed E-state index contributed by atoms with van der Waals surface area (Å²) >= 11 is 0. The second-order valence-corrected chi connectivity index (χ2v) is 4.63.